The van der Waals surface area contributed by atoms with Crippen LogP contribution in [0.3, 0.4) is 0 Å². The molecule has 0 saturated carbocycles. The van der Waals surface area contributed by atoms with Gasteiger partial charge in [0.2, 0.25) is 0 Å². The zero-order valence-electron chi connectivity index (χ0n) is 15.0. The Bertz CT molecular complexity index is 849. The van der Waals surface area contributed by atoms with Gasteiger partial charge < -0.3 is 14.9 Å². The summed E-state index contributed by atoms with van der Waals surface area (Å²) in [4.78, 5) is 4.60. The van der Waals surface area contributed by atoms with E-state index in [1.165, 1.54) is 0 Å². The second-order valence-corrected chi connectivity index (χ2v) is 6.51. The standard InChI is InChI=1S/C22H25NO3/c1-2-3-11-21(24)22(25)17-8-6-9-19(14-17)26-15-18-13-12-16-7-4-5-10-20(16)23-18/h4-10,12-14,21-22,24-25H,2-3,11,15H2,1H3. The fourth-order valence-electron chi connectivity index (χ4n) is 2.93. The normalized spacial score (nSPS) is 13.5. The van der Waals surface area contributed by atoms with Gasteiger partial charge in [0.25, 0.3) is 0 Å². The lowest BCUT2D eigenvalue weighted by atomic mass is 10.0. The van der Waals surface area contributed by atoms with Crippen molar-refractivity contribution in [3.8, 4) is 5.75 Å². The summed E-state index contributed by atoms with van der Waals surface area (Å²) in [6.07, 6.45) is 0.813. The first-order chi connectivity index (χ1) is 12.7. The molecular weight excluding hydrogens is 326 g/mol. The van der Waals surface area contributed by atoms with Crippen molar-refractivity contribution in [3.63, 3.8) is 0 Å². The number of aliphatic hydroxyl groups excluding tert-OH is 2. The molecule has 3 aromatic rings. The molecule has 0 radical (unpaired) electrons. The van der Waals surface area contributed by atoms with E-state index in [2.05, 4.69) is 11.9 Å². The SMILES string of the molecule is CCCCC(O)C(O)c1cccc(OCc2ccc3ccccc3n2)c1. The van der Waals surface area contributed by atoms with Crippen LogP contribution in [-0.4, -0.2) is 21.3 Å². The summed E-state index contributed by atoms with van der Waals surface area (Å²) < 4.78 is 5.84. The Kier molecular flexibility index (Phi) is 6.21. The second kappa shape index (κ2) is 8.79. The largest absolute Gasteiger partial charge is 0.487 e. The highest BCUT2D eigenvalue weighted by Gasteiger charge is 2.18. The number of fused-ring (bicyclic) bond motifs is 1. The van der Waals surface area contributed by atoms with Gasteiger partial charge in [0.1, 0.15) is 18.5 Å². The Balaban J connectivity index is 1.66. The van der Waals surface area contributed by atoms with Crippen LogP contribution in [0.4, 0.5) is 0 Å². The first-order valence-electron chi connectivity index (χ1n) is 9.11. The molecule has 0 aliphatic carbocycles. The van der Waals surface area contributed by atoms with Crippen molar-refractivity contribution in [1.29, 1.82) is 0 Å². The van der Waals surface area contributed by atoms with Gasteiger partial charge >= 0.3 is 0 Å². The van der Waals surface area contributed by atoms with E-state index in [0.29, 0.717) is 24.3 Å². The number of aliphatic hydroxyl groups is 2. The number of hydrogen-bond donors (Lipinski definition) is 2. The molecule has 3 rings (SSSR count). The smallest absolute Gasteiger partial charge is 0.130 e. The van der Waals surface area contributed by atoms with Crippen molar-refractivity contribution in [2.45, 2.75) is 45.0 Å². The minimum atomic E-state index is -0.899. The van der Waals surface area contributed by atoms with Crippen LogP contribution < -0.4 is 4.74 Å². The van der Waals surface area contributed by atoms with E-state index < -0.39 is 12.2 Å². The van der Waals surface area contributed by atoms with Gasteiger partial charge in [0.05, 0.1) is 17.3 Å². The lowest BCUT2D eigenvalue weighted by Crippen LogP contribution is -2.18. The third-order valence-electron chi connectivity index (χ3n) is 4.46. The Hall–Kier alpha value is -2.43. The number of nitrogens with zero attached hydrogens (tertiary/aromatic N) is 1. The molecule has 0 saturated heterocycles. The number of ether oxygens (including phenoxy) is 1. The zero-order valence-corrected chi connectivity index (χ0v) is 15.0. The minimum absolute atomic E-state index is 0.350. The average Bonchev–Trinajstić information content (AvgIpc) is 2.70. The molecule has 0 aliphatic rings. The maximum Gasteiger partial charge on any atom is 0.130 e. The fraction of sp³-hybridized carbons (Fsp3) is 0.318. The number of pyridine rings is 1. The number of para-hydroxylation sites is 1. The number of aromatic nitrogens is 1. The Labute approximate surface area is 154 Å². The van der Waals surface area contributed by atoms with Crippen LogP contribution in [0.25, 0.3) is 10.9 Å². The molecule has 2 unspecified atom stereocenters. The Morgan fingerprint density at radius 3 is 2.69 bits per heavy atom. The lowest BCUT2D eigenvalue weighted by Gasteiger charge is -2.18. The molecular formula is C22H25NO3. The number of hydrogen-bond acceptors (Lipinski definition) is 4. The van der Waals surface area contributed by atoms with Crippen LogP contribution in [0.1, 0.15) is 43.5 Å². The van der Waals surface area contributed by atoms with Gasteiger partial charge in [-0.25, -0.2) is 4.98 Å². The quantitative estimate of drug-likeness (QED) is 0.631. The second-order valence-electron chi connectivity index (χ2n) is 6.51. The third-order valence-corrected chi connectivity index (χ3v) is 4.46. The monoisotopic (exact) mass is 351 g/mol. The predicted molar refractivity (Wildman–Crippen MR) is 103 cm³/mol. The summed E-state index contributed by atoms with van der Waals surface area (Å²) >= 11 is 0. The van der Waals surface area contributed by atoms with E-state index in [1.54, 1.807) is 12.1 Å². The van der Waals surface area contributed by atoms with Gasteiger partial charge in [-0.3, -0.25) is 0 Å². The van der Waals surface area contributed by atoms with Gasteiger partial charge in [0.15, 0.2) is 0 Å². The topological polar surface area (TPSA) is 62.6 Å². The molecule has 0 spiro atoms. The summed E-state index contributed by atoms with van der Waals surface area (Å²) in [5.41, 5.74) is 2.45. The molecule has 0 aliphatic heterocycles. The highest BCUT2D eigenvalue weighted by molar-refractivity contribution is 5.78. The van der Waals surface area contributed by atoms with Crippen molar-refractivity contribution < 1.29 is 14.9 Å². The van der Waals surface area contributed by atoms with Gasteiger partial charge in [-0.05, 0) is 36.2 Å². The van der Waals surface area contributed by atoms with Crippen molar-refractivity contribution in [1.82, 2.24) is 4.98 Å². The highest BCUT2D eigenvalue weighted by atomic mass is 16.5. The molecule has 2 aromatic carbocycles. The number of unbranched alkanes of at least 4 members (excludes halogenated alkanes) is 1. The van der Waals surface area contributed by atoms with Crippen LogP contribution >= 0.6 is 0 Å². The van der Waals surface area contributed by atoms with E-state index in [4.69, 9.17) is 4.74 Å². The Morgan fingerprint density at radius 2 is 1.85 bits per heavy atom. The van der Waals surface area contributed by atoms with Crippen LogP contribution in [0.5, 0.6) is 5.75 Å². The fourth-order valence-corrected chi connectivity index (χ4v) is 2.93. The molecule has 2 N–H and O–H groups in total. The summed E-state index contributed by atoms with van der Waals surface area (Å²) in [5.74, 6) is 0.652. The summed E-state index contributed by atoms with van der Waals surface area (Å²) in [7, 11) is 0. The van der Waals surface area contributed by atoms with E-state index in [0.717, 1.165) is 29.4 Å². The molecule has 4 heteroatoms. The van der Waals surface area contributed by atoms with Gasteiger partial charge in [0, 0.05) is 5.39 Å². The van der Waals surface area contributed by atoms with E-state index in [9.17, 15) is 10.2 Å². The molecule has 4 nitrogen and oxygen atoms in total. The first-order valence-corrected chi connectivity index (χ1v) is 9.11. The Morgan fingerprint density at radius 1 is 1.00 bits per heavy atom. The van der Waals surface area contributed by atoms with Gasteiger partial charge in [-0.15, -0.1) is 0 Å². The third kappa shape index (κ3) is 4.59. The summed E-state index contributed by atoms with van der Waals surface area (Å²) in [5, 5.41) is 21.5. The van der Waals surface area contributed by atoms with Crippen LogP contribution in [0.2, 0.25) is 0 Å². The van der Waals surface area contributed by atoms with Gasteiger partial charge in [-0.1, -0.05) is 56.2 Å². The molecule has 136 valence electrons. The lowest BCUT2D eigenvalue weighted by molar-refractivity contribution is 0.0121. The van der Waals surface area contributed by atoms with Gasteiger partial charge in [-0.2, -0.15) is 0 Å². The molecule has 1 heterocycles. The molecule has 1 aromatic heterocycles. The van der Waals surface area contributed by atoms with Crippen molar-refractivity contribution in [2.75, 3.05) is 0 Å². The molecule has 0 amide bonds. The molecule has 2 atom stereocenters. The maximum absolute atomic E-state index is 10.3. The van der Waals surface area contributed by atoms with Crippen LogP contribution in [-0.2, 0) is 6.61 Å². The molecule has 0 fully saturated rings. The van der Waals surface area contributed by atoms with Crippen LogP contribution in [0.15, 0.2) is 60.7 Å². The molecule has 26 heavy (non-hydrogen) atoms. The predicted octanol–water partition coefficient (Wildman–Crippen LogP) is 4.40. The summed E-state index contributed by atoms with van der Waals surface area (Å²) in [6, 6.07) is 19.2. The van der Waals surface area contributed by atoms with Crippen LogP contribution in [0, 0.1) is 0 Å². The van der Waals surface area contributed by atoms with Crippen molar-refractivity contribution in [3.05, 3.63) is 71.9 Å². The highest BCUT2D eigenvalue weighted by Crippen LogP contribution is 2.24. The molecule has 0 bridgehead atoms. The summed E-state index contributed by atoms with van der Waals surface area (Å²) in [6.45, 7) is 2.41. The van der Waals surface area contributed by atoms with E-state index in [-0.39, 0.29) is 0 Å². The zero-order chi connectivity index (χ0) is 18.4. The number of benzene rings is 2. The van der Waals surface area contributed by atoms with Crippen molar-refractivity contribution in [2.24, 2.45) is 0 Å². The van der Waals surface area contributed by atoms with E-state index >= 15 is 0 Å². The van der Waals surface area contributed by atoms with E-state index in [1.807, 2.05) is 48.5 Å². The van der Waals surface area contributed by atoms with Crippen molar-refractivity contribution >= 4 is 10.9 Å². The number of rotatable bonds is 8. The minimum Gasteiger partial charge on any atom is -0.487 e. The average molecular weight is 351 g/mol. The first kappa shape index (κ1) is 18.4. The maximum atomic E-state index is 10.3.